The van der Waals surface area contributed by atoms with Crippen LogP contribution in [0.25, 0.3) is 5.65 Å². The van der Waals surface area contributed by atoms with E-state index >= 15 is 0 Å². The van der Waals surface area contributed by atoms with E-state index in [1.807, 2.05) is 36.4 Å². The van der Waals surface area contributed by atoms with Gasteiger partial charge in [0.1, 0.15) is 17.3 Å². The summed E-state index contributed by atoms with van der Waals surface area (Å²) >= 11 is 5.23. The average Bonchev–Trinajstić information content (AvgIpc) is 3.21. The number of carbonyl (C=O) groups excluding carboxylic acids is 1. The lowest BCUT2D eigenvalue weighted by atomic mass is 10.2. The standard InChI is InChI=1S/C24H26N6O4S/c1-27-7-8-29(24(27)32)18-13-17(28-9-11-33-12-10-28)14-30-22(18)26-19(21(25)35)20(23(30)31)34-15-16-5-3-2-4-6-16/h2-6,13-14H,7-12,15H2,1H3,(H2,25,35). The molecular formula is C24H26N6O4S. The number of thiocarbonyl (C=S) groups is 1. The van der Waals surface area contributed by atoms with E-state index in [1.165, 1.54) is 4.40 Å². The quantitative estimate of drug-likeness (QED) is 0.516. The smallest absolute Gasteiger partial charge is 0.324 e. The Bertz CT molecular complexity index is 1340. The lowest BCUT2D eigenvalue weighted by molar-refractivity contribution is 0.122. The second-order valence-electron chi connectivity index (χ2n) is 8.47. The Hall–Kier alpha value is -3.70. The number of likely N-dealkylation sites (N-methyl/N-ethyl adjacent to an activating group) is 1. The van der Waals surface area contributed by atoms with Crippen LogP contribution in [0.3, 0.4) is 0 Å². The number of carbonyl (C=O) groups is 1. The van der Waals surface area contributed by atoms with Gasteiger partial charge in [0.05, 0.1) is 24.6 Å². The van der Waals surface area contributed by atoms with Gasteiger partial charge in [0, 0.05) is 39.4 Å². The van der Waals surface area contributed by atoms with E-state index in [4.69, 9.17) is 27.4 Å². The maximum atomic E-state index is 13.7. The number of nitrogens with two attached hydrogens (primary N) is 1. The first kappa shape index (κ1) is 23.1. The van der Waals surface area contributed by atoms with Gasteiger partial charge in [0.2, 0.25) is 5.75 Å². The molecule has 1 aromatic carbocycles. The number of anilines is 2. The molecule has 0 bridgehead atoms. The van der Waals surface area contributed by atoms with Crippen LogP contribution in [0.1, 0.15) is 11.3 Å². The zero-order chi connectivity index (χ0) is 24.5. The van der Waals surface area contributed by atoms with Crippen LogP contribution >= 0.6 is 12.2 Å². The van der Waals surface area contributed by atoms with E-state index in [0.29, 0.717) is 50.7 Å². The molecule has 2 amide bonds. The van der Waals surface area contributed by atoms with Crippen molar-refractivity contribution >= 4 is 40.3 Å². The highest BCUT2D eigenvalue weighted by atomic mass is 32.1. The summed E-state index contributed by atoms with van der Waals surface area (Å²) in [6.45, 7) is 3.70. The van der Waals surface area contributed by atoms with Crippen LogP contribution in [0.5, 0.6) is 5.75 Å². The molecule has 10 nitrogen and oxygen atoms in total. The summed E-state index contributed by atoms with van der Waals surface area (Å²) in [5, 5.41) is 0. The van der Waals surface area contributed by atoms with Gasteiger partial charge in [-0.05, 0) is 11.6 Å². The molecule has 0 atom stereocenters. The van der Waals surface area contributed by atoms with Crippen molar-refractivity contribution in [2.75, 3.05) is 56.2 Å². The van der Waals surface area contributed by atoms with E-state index < -0.39 is 5.56 Å². The summed E-state index contributed by atoms with van der Waals surface area (Å²) in [4.78, 5) is 36.6. The Kier molecular flexibility index (Phi) is 6.27. The van der Waals surface area contributed by atoms with Crippen LogP contribution in [-0.2, 0) is 11.3 Å². The summed E-state index contributed by atoms with van der Waals surface area (Å²) in [7, 11) is 1.74. The normalized spacial score (nSPS) is 16.3. The topological polar surface area (TPSA) is 106 Å². The molecule has 2 saturated heterocycles. The maximum absolute atomic E-state index is 13.7. The van der Waals surface area contributed by atoms with Crippen LogP contribution in [0, 0.1) is 0 Å². The SMILES string of the molecule is CN1CCN(c2cc(N3CCOCC3)cn3c(=O)c(OCc4ccccc4)c(C(N)=S)nc23)C1=O. The highest BCUT2D eigenvalue weighted by molar-refractivity contribution is 7.80. The molecule has 0 saturated carbocycles. The number of aromatic nitrogens is 2. The summed E-state index contributed by atoms with van der Waals surface area (Å²) in [5.41, 5.74) is 8.13. The van der Waals surface area contributed by atoms with Crippen molar-refractivity contribution in [2.45, 2.75) is 6.61 Å². The van der Waals surface area contributed by atoms with Crippen LogP contribution in [0.2, 0.25) is 0 Å². The van der Waals surface area contributed by atoms with Crippen molar-refractivity contribution in [3.05, 3.63) is 64.2 Å². The van der Waals surface area contributed by atoms with E-state index in [2.05, 4.69) is 9.88 Å². The summed E-state index contributed by atoms with van der Waals surface area (Å²) in [6.07, 6.45) is 1.72. The van der Waals surface area contributed by atoms with Gasteiger partial charge in [-0.2, -0.15) is 0 Å². The largest absolute Gasteiger partial charge is 0.481 e. The molecule has 3 aromatic rings. The Balaban J connectivity index is 1.68. The van der Waals surface area contributed by atoms with E-state index in [0.717, 1.165) is 11.3 Å². The molecule has 2 N–H and O–H groups in total. The van der Waals surface area contributed by atoms with Crippen molar-refractivity contribution in [2.24, 2.45) is 5.73 Å². The number of nitrogens with zero attached hydrogens (tertiary/aromatic N) is 5. The minimum absolute atomic E-state index is 0.0196. The van der Waals surface area contributed by atoms with Crippen molar-refractivity contribution in [1.29, 1.82) is 0 Å². The molecule has 182 valence electrons. The van der Waals surface area contributed by atoms with E-state index in [-0.39, 0.29) is 29.1 Å². The molecule has 2 aromatic heterocycles. The van der Waals surface area contributed by atoms with Crippen LogP contribution in [0.4, 0.5) is 16.2 Å². The van der Waals surface area contributed by atoms with Crippen molar-refractivity contribution < 1.29 is 14.3 Å². The highest BCUT2D eigenvalue weighted by Gasteiger charge is 2.31. The Labute approximate surface area is 207 Å². The number of benzene rings is 1. The van der Waals surface area contributed by atoms with Gasteiger partial charge in [0.25, 0.3) is 0 Å². The van der Waals surface area contributed by atoms with E-state index in [9.17, 15) is 9.59 Å². The Morgan fingerprint density at radius 1 is 1.14 bits per heavy atom. The molecule has 0 unspecified atom stereocenters. The number of amides is 2. The molecule has 0 spiro atoms. The molecule has 0 radical (unpaired) electrons. The molecule has 5 rings (SSSR count). The Morgan fingerprint density at radius 3 is 2.54 bits per heavy atom. The van der Waals surface area contributed by atoms with Gasteiger partial charge in [-0.3, -0.25) is 14.1 Å². The monoisotopic (exact) mass is 494 g/mol. The molecular weight excluding hydrogens is 468 g/mol. The lowest BCUT2D eigenvalue weighted by Crippen LogP contribution is -2.37. The van der Waals surface area contributed by atoms with E-state index in [1.54, 1.807) is 23.0 Å². The zero-order valence-corrected chi connectivity index (χ0v) is 20.2. The molecule has 2 aliphatic rings. The average molecular weight is 495 g/mol. The van der Waals surface area contributed by atoms with Gasteiger partial charge >= 0.3 is 11.6 Å². The third kappa shape index (κ3) is 4.40. The first-order valence-electron chi connectivity index (χ1n) is 11.4. The van der Waals surface area contributed by atoms with Gasteiger partial charge in [-0.1, -0.05) is 42.5 Å². The molecule has 4 heterocycles. The molecule has 0 aliphatic carbocycles. The summed E-state index contributed by atoms with van der Waals surface area (Å²) < 4.78 is 12.8. The number of hydrogen-bond donors (Lipinski definition) is 1. The number of ether oxygens (including phenoxy) is 2. The number of pyridine rings is 1. The second-order valence-corrected chi connectivity index (χ2v) is 8.91. The van der Waals surface area contributed by atoms with Gasteiger partial charge in [-0.25, -0.2) is 9.78 Å². The number of hydrogen-bond acceptors (Lipinski definition) is 7. The fourth-order valence-electron chi connectivity index (χ4n) is 4.28. The number of urea groups is 1. The van der Waals surface area contributed by atoms with Crippen LogP contribution in [0.15, 0.2) is 47.4 Å². The van der Waals surface area contributed by atoms with Crippen LogP contribution in [-0.4, -0.2) is 71.7 Å². The fraction of sp³-hybridized carbons (Fsp3) is 0.333. The Morgan fingerprint density at radius 2 is 1.89 bits per heavy atom. The maximum Gasteiger partial charge on any atom is 0.324 e. The van der Waals surface area contributed by atoms with Gasteiger partial charge in [-0.15, -0.1) is 0 Å². The minimum Gasteiger partial charge on any atom is -0.481 e. The minimum atomic E-state index is -0.440. The number of rotatable bonds is 6. The van der Waals surface area contributed by atoms with Crippen molar-refractivity contribution in [3.63, 3.8) is 0 Å². The lowest BCUT2D eigenvalue weighted by Gasteiger charge is -2.30. The third-order valence-corrected chi connectivity index (χ3v) is 6.39. The fourth-order valence-corrected chi connectivity index (χ4v) is 4.42. The van der Waals surface area contributed by atoms with Gasteiger partial charge in [0.15, 0.2) is 5.65 Å². The van der Waals surface area contributed by atoms with Crippen molar-refractivity contribution in [1.82, 2.24) is 14.3 Å². The molecule has 2 fully saturated rings. The third-order valence-electron chi connectivity index (χ3n) is 6.19. The second kappa shape index (κ2) is 9.51. The number of fused-ring (bicyclic) bond motifs is 1. The molecule has 2 aliphatic heterocycles. The summed E-state index contributed by atoms with van der Waals surface area (Å²) in [5.74, 6) is -0.0196. The molecule has 35 heavy (non-hydrogen) atoms. The zero-order valence-electron chi connectivity index (χ0n) is 19.3. The molecule has 11 heteroatoms. The van der Waals surface area contributed by atoms with Crippen LogP contribution < -0.4 is 25.8 Å². The first-order chi connectivity index (χ1) is 16.9. The van der Waals surface area contributed by atoms with Crippen molar-refractivity contribution in [3.8, 4) is 5.75 Å². The predicted molar refractivity (Wildman–Crippen MR) is 137 cm³/mol. The van der Waals surface area contributed by atoms with Gasteiger partial charge < -0.3 is 25.0 Å². The summed E-state index contributed by atoms with van der Waals surface area (Å²) in [6, 6.07) is 11.2. The number of morpholine rings is 1. The first-order valence-corrected chi connectivity index (χ1v) is 11.8. The highest BCUT2D eigenvalue weighted by Crippen LogP contribution is 2.30. The predicted octanol–water partition coefficient (Wildman–Crippen LogP) is 1.62.